The van der Waals surface area contributed by atoms with E-state index in [9.17, 15) is 9.59 Å². The monoisotopic (exact) mass is 306 g/mol. The van der Waals surface area contributed by atoms with Crippen LogP contribution in [0.15, 0.2) is 42.5 Å². The molecule has 4 heteroatoms. The van der Waals surface area contributed by atoms with Gasteiger partial charge in [0.2, 0.25) is 5.91 Å². The van der Waals surface area contributed by atoms with Gasteiger partial charge in [-0.25, -0.2) is 4.79 Å². The Morgan fingerprint density at radius 1 is 1.00 bits per heavy atom. The van der Waals surface area contributed by atoms with E-state index in [1.165, 1.54) is 23.1 Å². The molecule has 1 unspecified atom stereocenters. The van der Waals surface area contributed by atoms with E-state index < -0.39 is 6.03 Å². The van der Waals surface area contributed by atoms with Crippen molar-refractivity contribution < 1.29 is 9.59 Å². The summed E-state index contributed by atoms with van der Waals surface area (Å²) in [7, 11) is 0. The van der Waals surface area contributed by atoms with Crippen LogP contribution in [0.1, 0.15) is 35.6 Å². The van der Waals surface area contributed by atoms with Crippen LogP contribution in [-0.2, 0) is 17.6 Å². The van der Waals surface area contributed by atoms with Crippen LogP contribution in [0.4, 0.5) is 4.79 Å². The molecule has 4 nitrogen and oxygen atoms in total. The van der Waals surface area contributed by atoms with E-state index in [1.54, 1.807) is 0 Å². The molecule has 2 aromatic rings. The Kier molecular flexibility index (Phi) is 3.37. The summed E-state index contributed by atoms with van der Waals surface area (Å²) >= 11 is 0. The van der Waals surface area contributed by atoms with E-state index in [1.807, 2.05) is 12.1 Å². The second-order valence-corrected chi connectivity index (χ2v) is 6.20. The second-order valence-electron chi connectivity index (χ2n) is 6.20. The third-order valence-electron chi connectivity index (χ3n) is 4.69. The van der Waals surface area contributed by atoms with Gasteiger partial charge in [-0.15, -0.1) is 0 Å². The molecule has 4 rings (SSSR count). The number of carbonyl (C=O) groups excluding carboxylic acids is 2. The van der Waals surface area contributed by atoms with Gasteiger partial charge < -0.3 is 5.32 Å². The van der Waals surface area contributed by atoms with E-state index in [-0.39, 0.29) is 18.4 Å². The lowest BCUT2D eigenvalue weighted by atomic mass is 9.93. The van der Waals surface area contributed by atoms with Gasteiger partial charge in [0, 0.05) is 0 Å². The number of hydrogen-bond donors (Lipinski definition) is 2. The van der Waals surface area contributed by atoms with Crippen molar-refractivity contribution in [2.75, 3.05) is 0 Å². The van der Waals surface area contributed by atoms with E-state index in [0.717, 1.165) is 24.0 Å². The molecule has 2 aliphatic rings. The van der Waals surface area contributed by atoms with Gasteiger partial charge in [-0.2, -0.15) is 0 Å². The van der Waals surface area contributed by atoms with Crippen LogP contribution in [0, 0.1) is 0 Å². The average molecular weight is 306 g/mol. The largest absolute Gasteiger partial charge is 0.330 e. The fourth-order valence-electron chi connectivity index (χ4n) is 3.62. The molecule has 2 aromatic carbocycles. The number of imide groups is 1. The topological polar surface area (TPSA) is 58.2 Å². The first-order valence-electron chi connectivity index (χ1n) is 8.02. The zero-order valence-corrected chi connectivity index (χ0v) is 12.8. The second kappa shape index (κ2) is 5.54. The van der Waals surface area contributed by atoms with Gasteiger partial charge in [0.05, 0.1) is 12.5 Å². The van der Waals surface area contributed by atoms with Crippen molar-refractivity contribution in [1.29, 1.82) is 0 Å². The van der Waals surface area contributed by atoms with Gasteiger partial charge in [-0.3, -0.25) is 10.1 Å². The smallest absolute Gasteiger partial charge is 0.321 e. The molecule has 1 aliphatic heterocycles. The van der Waals surface area contributed by atoms with Gasteiger partial charge in [0.1, 0.15) is 0 Å². The number of benzene rings is 2. The van der Waals surface area contributed by atoms with Crippen LogP contribution in [0.5, 0.6) is 0 Å². The minimum absolute atomic E-state index is 0.232. The average Bonchev–Trinajstić information content (AvgIpc) is 3.02. The molecule has 1 fully saturated rings. The van der Waals surface area contributed by atoms with Gasteiger partial charge in [-0.1, -0.05) is 36.4 Å². The van der Waals surface area contributed by atoms with Crippen LogP contribution in [0.2, 0.25) is 0 Å². The van der Waals surface area contributed by atoms with Crippen LogP contribution in [0.25, 0.3) is 11.1 Å². The van der Waals surface area contributed by atoms with E-state index in [0.29, 0.717) is 0 Å². The number of rotatable bonds is 2. The highest BCUT2D eigenvalue weighted by Gasteiger charge is 2.25. The first-order chi connectivity index (χ1) is 11.2. The Balaban J connectivity index is 1.71. The Labute approximate surface area is 134 Å². The van der Waals surface area contributed by atoms with Crippen LogP contribution in [-0.4, -0.2) is 11.9 Å². The summed E-state index contributed by atoms with van der Waals surface area (Å²) in [5, 5.41) is 5.09. The van der Waals surface area contributed by atoms with Crippen molar-refractivity contribution in [1.82, 2.24) is 10.6 Å². The molecule has 0 saturated carbocycles. The number of carbonyl (C=O) groups is 2. The Bertz CT molecular complexity index is 782. The lowest BCUT2D eigenvalue weighted by Crippen LogP contribution is -2.48. The fraction of sp³-hybridized carbons (Fsp3) is 0.263. The number of urea groups is 1. The molecule has 116 valence electrons. The molecule has 23 heavy (non-hydrogen) atoms. The van der Waals surface area contributed by atoms with Crippen LogP contribution in [0.3, 0.4) is 0 Å². The number of amides is 3. The molecular weight excluding hydrogens is 288 g/mol. The molecule has 0 spiro atoms. The van der Waals surface area contributed by atoms with Gasteiger partial charge in [0.25, 0.3) is 0 Å². The summed E-state index contributed by atoms with van der Waals surface area (Å²) in [5.41, 5.74) is 6.28. The predicted molar refractivity (Wildman–Crippen MR) is 87.9 cm³/mol. The molecule has 2 N–H and O–H groups in total. The minimum Gasteiger partial charge on any atom is -0.330 e. The number of nitrogens with one attached hydrogen (secondary N) is 2. The van der Waals surface area contributed by atoms with Gasteiger partial charge >= 0.3 is 6.03 Å². The maximum atomic E-state index is 11.6. The molecule has 0 bridgehead atoms. The maximum Gasteiger partial charge on any atom is 0.321 e. The Morgan fingerprint density at radius 2 is 1.87 bits per heavy atom. The fourth-order valence-corrected chi connectivity index (χ4v) is 3.62. The maximum absolute atomic E-state index is 11.6. The van der Waals surface area contributed by atoms with Crippen molar-refractivity contribution in [3.8, 4) is 11.1 Å². The zero-order valence-electron chi connectivity index (χ0n) is 12.8. The summed E-state index contributed by atoms with van der Waals surface area (Å²) in [4.78, 5) is 23.1. The predicted octanol–water partition coefficient (Wildman–Crippen LogP) is 3.11. The van der Waals surface area contributed by atoms with Gasteiger partial charge in [-0.05, 0) is 53.1 Å². The first-order valence-corrected chi connectivity index (χ1v) is 8.02. The van der Waals surface area contributed by atoms with Crippen molar-refractivity contribution >= 4 is 11.9 Å². The molecule has 0 radical (unpaired) electrons. The molecule has 1 heterocycles. The number of fused-ring (bicyclic) bond motifs is 1. The zero-order chi connectivity index (χ0) is 15.8. The number of aryl methyl sites for hydroxylation is 1. The van der Waals surface area contributed by atoms with Crippen molar-refractivity contribution in [3.05, 3.63) is 59.2 Å². The van der Waals surface area contributed by atoms with E-state index in [2.05, 4.69) is 41.0 Å². The minimum atomic E-state index is -0.419. The summed E-state index contributed by atoms with van der Waals surface area (Å²) in [6.07, 6.45) is 3.77. The quantitative estimate of drug-likeness (QED) is 0.895. The Morgan fingerprint density at radius 3 is 2.74 bits per heavy atom. The molecule has 1 aliphatic carbocycles. The third kappa shape index (κ3) is 2.61. The molecule has 1 saturated heterocycles. The first kappa shape index (κ1) is 14.0. The van der Waals surface area contributed by atoms with Crippen molar-refractivity contribution in [2.45, 2.75) is 31.7 Å². The molecule has 1 atom stereocenters. The standard InChI is InChI=1S/C19H18N2O2/c22-18-11-17(20-19(23)21-18)14-7-1-6-13(10-14)16-9-3-5-12-4-2-8-15(12)16/h1,3,5-7,9-10,17H,2,4,8,11H2,(H2,20,21,22,23). The molecule has 3 amide bonds. The van der Waals surface area contributed by atoms with E-state index >= 15 is 0 Å². The van der Waals surface area contributed by atoms with Crippen molar-refractivity contribution in [3.63, 3.8) is 0 Å². The number of hydrogen-bond acceptors (Lipinski definition) is 2. The summed E-state index contributed by atoms with van der Waals surface area (Å²) in [6.45, 7) is 0. The Hall–Kier alpha value is -2.62. The summed E-state index contributed by atoms with van der Waals surface area (Å²) in [5.74, 6) is -0.232. The van der Waals surface area contributed by atoms with Crippen molar-refractivity contribution in [2.24, 2.45) is 0 Å². The van der Waals surface area contributed by atoms with Gasteiger partial charge in [0.15, 0.2) is 0 Å². The highest BCUT2D eigenvalue weighted by Crippen LogP contribution is 2.33. The lowest BCUT2D eigenvalue weighted by molar-refractivity contribution is -0.121. The summed E-state index contributed by atoms with van der Waals surface area (Å²) < 4.78 is 0. The van der Waals surface area contributed by atoms with E-state index in [4.69, 9.17) is 0 Å². The third-order valence-corrected chi connectivity index (χ3v) is 4.69. The van der Waals surface area contributed by atoms with Crippen LogP contribution < -0.4 is 10.6 Å². The summed E-state index contributed by atoms with van der Waals surface area (Å²) in [6, 6.07) is 14.0. The molecular formula is C19H18N2O2. The molecule has 0 aromatic heterocycles. The highest BCUT2D eigenvalue weighted by molar-refractivity contribution is 5.97. The lowest BCUT2D eigenvalue weighted by Gasteiger charge is -2.24. The normalized spacial score (nSPS) is 19.9. The highest BCUT2D eigenvalue weighted by atomic mass is 16.2. The SMILES string of the molecule is O=C1CC(c2cccc(-c3cccc4c3CCC4)c2)NC(=O)N1. The van der Waals surface area contributed by atoms with Crippen LogP contribution >= 0.6 is 0 Å².